The van der Waals surface area contributed by atoms with E-state index in [0.717, 1.165) is 5.70 Å². The molecule has 2 N–H and O–H groups in total. The third-order valence-corrected chi connectivity index (χ3v) is 1.31. The van der Waals surface area contributed by atoms with Crippen LogP contribution < -0.4 is 5.59 Å². The molecule has 1 rings (SSSR count). The average Bonchev–Trinajstić information content (AvgIpc) is 2.33. The Morgan fingerprint density at radius 3 is 2.64 bits per heavy atom. The summed E-state index contributed by atoms with van der Waals surface area (Å²) in [6, 6.07) is 0. The van der Waals surface area contributed by atoms with E-state index < -0.39 is 7.12 Å². The van der Waals surface area contributed by atoms with Crippen molar-refractivity contribution in [2.24, 2.45) is 0 Å². The summed E-state index contributed by atoms with van der Waals surface area (Å²) >= 11 is 0. The molecule has 1 aromatic heterocycles. The lowest BCUT2D eigenvalue weighted by Crippen LogP contribution is -2.30. The van der Waals surface area contributed by atoms with Crippen molar-refractivity contribution in [3.8, 4) is 0 Å². The lowest BCUT2D eigenvalue weighted by atomic mass is 9.87. The molecular formula is C6H9BN2O2. The first kappa shape index (κ1) is 8.04. The second-order valence-corrected chi connectivity index (χ2v) is 2.31. The van der Waals surface area contributed by atoms with Crippen LogP contribution in [0.4, 0.5) is 0 Å². The van der Waals surface area contributed by atoms with Gasteiger partial charge in [0.2, 0.25) is 0 Å². The molecule has 0 unspecified atom stereocenters. The van der Waals surface area contributed by atoms with Crippen LogP contribution in [0.25, 0.3) is 5.70 Å². The molecular weight excluding hydrogens is 143 g/mol. The second kappa shape index (κ2) is 2.90. The van der Waals surface area contributed by atoms with Crippen LogP contribution in [-0.2, 0) is 0 Å². The summed E-state index contributed by atoms with van der Waals surface area (Å²) in [5, 5.41) is 17.3. The quantitative estimate of drug-likeness (QED) is 0.537. The third kappa shape index (κ3) is 1.69. The van der Waals surface area contributed by atoms with Gasteiger partial charge in [-0.25, -0.2) is 4.98 Å². The third-order valence-electron chi connectivity index (χ3n) is 1.31. The topological polar surface area (TPSA) is 58.3 Å². The van der Waals surface area contributed by atoms with Crippen LogP contribution in [0.2, 0.25) is 0 Å². The smallest absolute Gasteiger partial charge is 0.422 e. The summed E-state index contributed by atoms with van der Waals surface area (Å²) in [5.41, 5.74) is 1.01. The number of hydrogen-bond acceptors (Lipinski definition) is 3. The van der Waals surface area contributed by atoms with E-state index in [1.807, 2.05) is 0 Å². The molecule has 0 spiro atoms. The van der Waals surface area contributed by atoms with Gasteiger partial charge in [-0.3, -0.25) is 0 Å². The van der Waals surface area contributed by atoms with Crippen molar-refractivity contribution in [1.82, 2.24) is 9.55 Å². The molecule has 0 aliphatic rings. The fraction of sp³-hybridized carbons (Fsp3) is 0.167. The number of imidazole rings is 1. The van der Waals surface area contributed by atoms with E-state index >= 15 is 0 Å². The van der Waals surface area contributed by atoms with E-state index in [-0.39, 0.29) is 5.59 Å². The van der Waals surface area contributed by atoms with E-state index in [4.69, 9.17) is 10.0 Å². The standard InChI is InChI=1S/C6H9BN2O2/c1-5(2)9-3-6(7(10)11)8-4-9/h3-4,10-11H,1H2,2H3. The van der Waals surface area contributed by atoms with Crippen molar-refractivity contribution < 1.29 is 10.0 Å². The Hall–Kier alpha value is -1.07. The van der Waals surface area contributed by atoms with Gasteiger partial charge in [0, 0.05) is 11.9 Å². The highest BCUT2D eigenvalue weighted by Crippen LogP contribution is 1.95. The maximum absolute atomic E-state index is 8.67. The van der Waals surface area contributed by atoms with Gasteiger partial charge in [-0.2, -0.15) is 0 Å². The second-order valence-electron chi connectivity index (χ2n) is 2.31. The zero-order valence-corrected chi connectivity index (χ0v) is 6.23. The highest BCUT2D eigenvalue weighted by atomic mass is 16.4. The van der Waals surface area contributed by atoms with Crippen molar-refractivity contribution in [2.75, 3.05) is 0 Å². The van der Waals surface area contributed by atoms with Gasteiger partial charge < -0.3 is 14.6 Å². The van der Waals surface area contributed by atoms with Gasteiger partial charge >= 0.3 is 7.12 Å². The van der Waals surface area contributed by atoms with Crippen LogP contribution in [0.5, 0.6) is 0 Å². The number of nitrogens with zero attached hydrogens (tertiary/aromatic N) is 2. The first-order chi connectivity index (χ1) is 5.11. The van der Waals surface area contributed by atoms with Crippen LogP contribution in [-0.4, -0.2) is 26.7 Å². The predicted molar refractivity (Wildman–Crippen MR) is 43.1 cm³/mol. The maximum atomic E-state index is 8.67. The monoisotopic (exact) mass is 152 g/mol. The van der Waals surface area contributed by atoms with E-state index in [2.05, 4.69) is 11.6 Å². The summed E-state index contributed by atoms with van der Waals surface area (Å²) in [4.78, 5) is 3.74. The first-order valence-electron chi connectivity index (χ1n) is 3.17. The van der Waals surface area contributed by atoms with Crippen LogP contribution >= 0.6 is 0 Å². The Kier molecular flexibility index (Phi) is 2.12. The molecule has 0 bridgehead atoms. The Labute approximate surface area is 65.0 Å². The average molecular weight is 152 g/mol. The van der Waals surface area contributed by atoms with Crippen LogP contribution in [0.15, 0.2) is 19.1 Å². The molecule has 0 amide bonds. The predicted octanol–water partition coefficient (Wildman–Crippen LogP) is -0.947. The molecule has 0 fully saturated rings. The Bertz CT molecular complexity index is 269. The minimum Gasteiger partial charge on any atom is -0.422 e. The number of aromatic nitrogens is 2. The van der Waals surface area contributed by atoms with E-state index in [0.29, 0.717) is 0 Å². The number of allylic oxidation sites excluding steroid dienone is 1. The molecule has 0 aliphatic carbocycles. The zero-order chi connectivity index (χ0) is 8.43. The highest BCUT2D eigenvalue weighted by molar-refractivity contribution is 6.57. The van der Waals surface area contributed by atoms with E-state index in [1.54, 1.807) is 11.5 Å². The van der Waals surface area contributed by atoms with Gasteiger partial charge in [-0.05, 0) is 6.92 Å². The van der Waals surface area contributed by atoms with Crippen molar-refractivity contribution in [3.05, 3.63) is 19.1 Å². The van der Waals surface area contributed by atoms with Crippen molar-refractivity contribution in [1.29, 1.82) is 0 Å². The zero-order valence-electron chi connectivity index (χ0n) is 6.23. The highest BCUT2D eigenvalue weighted by Gasteiger charge is 2.13. The molecule has 11 heavy (non-hydrogen) atoms. The molecule has 0 saturated heterocycles. The largest absolute Gasteiger partial charge is 0.509 e. The molecule has 5 heteroatoms. The van der Waals surface area contributed by atoms with Gasteiger partial charge in [0.15, 0.2) is 0 Å². The van der Waals surface area contributed by atoms with Crippen LogP contribution in [0.3, 0.4) is 0 Å². The Morgan fingerprint density at radius 2 is 2.36 bits per heavy atom. The summed E-state index contributed by atoms with van der Waals surface area (Å²) in [7, 11) is -1.50. The molecule has 1 heterocycles. The number of hydrogen-bond donors (Lipinski definition) is 2. The fourth-order valence-corrected chi connectivity index (χ4v) is 0.680. The van der Waals surface area contributed by atoms with Crippen LogP contribution in [0.1, 0.15) is 6.92 Å². The summed E-state index contributed by atoms with van der Waals surface area (Å²) < 4.78 is 1.62. The minimum absolute atomic E-state index is 0.230. The molecule has 4 nitrogen and oxygen atoms in total. The summed E-state index contributed by atoms with van der Waals surface area (Å²) in [6.45, 7) is 5.46. The van der Waals surface area contributed by atoms with E-state index in [9.17, 15) is 0 Å². The van der Waals surface area contributed by atoms with Crippen LogP contribution in [0, 0.1) is 0 Å². The minimum atomic E-state index is -1.50. The molecule has 0 radical (unpaired) electrons. The fourth-order valence-electron chi connectivity index (χ4n) is 0.680. The maximum Gasteiger partial charge on any atom is 0.509 e. The Balaban J connectivity index is 2.90. The van der Waals surface area contributed by atoms with E-state index in [1.165, 1.54) is 12.5 Å². The number of rotatable bonds is 2. The summed E-state index contributed by atoms with van der Waals surface area (Å²) in [5.74, 6) is 0. The lowest BCUT2D eigenvalue weighted by Gasteiger charge is -1.95. The SMILES string of the molecule is C=C(C)n1cnc(B(O)O)c1. The van der Waals surface area contributed by atoms with Gasteiger partial charge in [-0.1, -0.05) is 6.58 Å². The van der Waals surface area contributed by atoms with Crippen molar-refractivity contribution >= 4 is 18.4 Å². The Morgan fingerprint density at radius 1 is 1.73 bits per heavy atom. The van der Waals surface area contributed by atoms with Crippen molar-refractivity contribution in [2.45, 2.75) is 6.92 Å². The molecule has 0 saturated carbocycles. The van der Waals surface area contributed by atoms with Gasteiger partial charge in [0.25, 0.3) is 0 Å². The first-order valence-corrected chi connectivity index (χ1v) is 3.17. The molecule has 58 valence electrons. The summed E-state index contributed by atoms with van der Waals surface area (Å²) in [6.07, 6.45) is 3.00. The van der Waals surface area contributed by atoms with Crippen molar-refractivity contribution in [3.63, 3.8) is 0 Å². The lowest BCUT2D eigenvalue weighted by molar-refractivity contribution is 0.424. The molecule has 0 aliphatic heterocycles. The molecule has 0 aromatic carbocycles. The normalized spacial score (nSPS) is 9.73. The van der Waals surface area contributed by atoms with Gasteiger partial charge in [0.05, 0.1) is 11.9 Å². The van der Waals surface area contributed by atoms with Gasteiger partial charge in [-0.15, -0.1) is 0 Å². The molecule has 1 aromatic rings. The van der Waals surface area contributed by atoms with Gasteiger partial charge in [0.1, 0.15) is 0 Å². The molecule has 0 atom stereocenters.